The Balaban J connectivity index is 1.14. The Labute approximate surface area is 205 Å². The summed E-state index contributed by atoms with van der Waals surface area (Å²) in [6.45, 7) is 7.94. The smallest absolute Gasteiger partial charge is 0.270 e. The Morgan fingerprint density at radius 1 is 1.09 bits per heavy atom. The number of morpholine rings is 1. The molecule has 0 bridgehead atoms. The van der Waals surface area contributed by atoms with E-state index in [-0.39, 0.29) is 11.8 Å². The van der Waals surface area contributed by atoms with Crippen LogP contribution in [0.4, 0.5) is 21.8 Å². The largest absolute Gasteiger partial charge is 0.378 e. The molecule has 0 amide bonds. The van der Waals surface area contributed by atoms with Crippen molar-refractivity contribution in [2.24, 2.45) is 16.1 Å². The lowest BCUT2D eigenvalue weighted by Crippen LogP contribution is -2.50. The number of nitrogens with one attached hydrogen (secondary N) is 2. The van der Waals surface area contributed by atoms with Crippen LogP contribution in [-0.2, 0) is 11.3 Å². The van der Waals surface area contributed by atoms with E-state index in [2.05, 4.69) is 46.8 Å². The molecule has 3 aliphatic heterocycles. The monoisotopic (exact) mass is 483 g/mol. The van der Waals surface area contributed by atoms with Gasteiger partial charge in [0.2, 0.25) is 0 Å². The predicted molar refractivity (Wildman–Crippen MR) is 132 cm³/mol. The van der Waals surface area contributed by atoms with Gasteiger partial charge >= 0.3 is 0 Å². The summed E-state index contributed by atoms with van der Waals surface area (Å²) in [6.07, 6.45) is 6.79. The van der Waals surface area contributed by atoms with E-state index in [0.29, 0.717) is 44.8 Å². The van der Waals surface area contributed by atoms with E-state index < -0.39 is 5.82 Å². The maximum atomic E-state index is 14.2. The summed E-state index contributed by atoms with van der Waals surface area (Å²) >= 11 is 0. The van der Waals surface area contributed by atoms with Crippen LogP contribution in [0.1, 0.15) is 25.0 Å². The molecule has 0 spiro atoms. The van der Waals surface area contributed by atoms with Crippen molar-refractivity contribution in [1.82, 2.24) is 25.6 Å². The van der Waals surface area contributed by atoms with Gasteiger partial charge in [0.15, 0.2) is 11.6 Å². The number of anilines is 2. The normalized spacial score (nSPS) is 23.7. The van der Waals surface area contributed by atoms with Gasteiger partial charge in [0, 0.05) is 51.9 Å². The number of halogens is 1. The lowest BCUT2D eigenvalue weighted by atomic mass is 9.90. The zero-order valence-corrected chi connectivity index (χ0v) is 20.1. The molecule has 188 valence electrons. The molecule has 11 heteroatoms. The van der Waals surface area contributed by atoms with Crippen LogP contribution in [0.5, 0.6) is 0 Å². The first-order valence-corrected chi connectivity index (χ1v) is 12.6. The summed E-state index contributed by atoms with van der Waals surface area (Å²) < 4.78 is 19.5. The molecule has 3 aliphatic rings. The van der Waals surface area contributed by atoms with Crippen LogP contribution in [0, 0.1) is 11.7 Å². The number of hydrogen-bond donors (Lipinski definition) is 2. The van der Waals surface area contributed by atoms with Crippen LogP contribution in [0.3, 0.4) is 0 Å². The standard InChI is InChI=1S/C24H34FN9O/c25-22-16-29-24(31-23(22)33-8-10-35-11-9-33)32-30-14-19-3-4-21(15-28-19)34-7-1-2-18(17-34)12-20-13-26-5-6-27-20/h3-4,15-16,18,20,26-27H,1-2,5-14,17H2. The Bertz CT molecular complexity index is 977. The van der Waals surface area contributed by atoms with E-state index in [9.17, 15) is 4.39 Å². The highest BCUT2D eigenvalue weighted by Gasteiger charge is 2.24. The van der Waals surface area contributed by atoms with Gasteiger partial charge in [-0.25, -0.2) is 9.37 Å². The predicted octanol–water partition coefficient (Wildman–Crippen LogP) is 2.30. The van der Waals surface area contributed by atoms with Crippen molar-refractivity contribution in [3.63, 3.8) is 0 Å². The summed E-state index contributed by atoms with van der Waals surface area (Å²) in [5, 5.41) is 15.4. The minimum atomic E-state index is -0.463. The van der Waals surface area contributed by atoms with Gasteiger partial charge in [-0.1, -0.05) is 0 Å². The zero-order chi connectivity index (χ0) is 23.9. The van der Waals surface area contributed by atoms with E-state index in [1.54, 1.807) is 0 Å². The van der Waals surface area contributed by atoms with Crippen LogP contribution >= 0.6 is 0 Å². The van der Waals surface area contributed by atoms with Crippen molar-refractivity contribution in [3.8, 4) is 0 Å². The molecular weight excluding hydrogens is 449 g/mol. The highest BCUT2D eigenvalue weighted by molar-refractivity contribution is 5.45. The summed E-state index contributed by atoms with van der Waals surface area (Å²) in [6, 6.07) is 4.69. The van der Waals surface area contributed by atoms with Gasteiger partial charge in [-0.15, -0.1) is 5.11 Å². The van der Waals surface area contributed by atoms with E-state index in [4.69, 9.17) is 4.74 Å². The molecule has 0 aromatic carbocycles. The zero-order valence-electron chi connectivity index (χ0n) is 20.1. The number of hydrogen-bond acceptors (Lipinski definition) is 10. The Morgan fingerprint density at radius 2 is 2.00 bits per heavy atom. The Hall–Kier alpha value is -2.76. The maximum absolute atomic E-state index is 14.2. The summed E-state index contributed by atoms with van der Waals surface area (Å²) in [7, 11) is 0. The quantitative estimate of drug-likeness (QED) is 0.579. The second kappa shape index (κ2) is 11.8. The first-order valence-electron chi connectivity index (χ1n) is 12.6. The molecule has 2 aromatic rings. The Kier molecular flexibility index (Phi) is 8.07. The number of ether oxygens (including phenoxy) is 1. The SMILES string of the molecule is Fc1cnc(N=NCc2ccc(N3CCCC(CC4CNCCN4)C3)cn2)nc1N1CCOCC1. The van der Waals surface area contributed by atoms with Gasteiger partial charge in [-0.2, -0.15) is 10.1 Å². The number of nitrogens with zero attached hydrogens (tertiary/aromatic N) is 7. The number of rotatable bonds is 7. The third kappa shape index (κ3) is 6.47. The molecular formula is C24H34FN9O. The maximum Gasteiger partial charge on any atom is 0.270 e. The minimum Gasteiger partial charge on any atom is -0.378 e. The van der Waals surface area contributed by atoms with E-state index in [1.807, 2.05) is 17.2 Å². The van der Waals surface area contributed by atoms with Gasteiger partial charge in [0.25, 0.3) is 5.95 Å². The fourth-order valence-electron chi connectivity index (χ4n) is 5.04. The molecule has 2 N–H and O–H groups in total. The first kappa shape index (κ1) is 24.0. The number of aromatic nitrogens is 3. The van der Waals surface area contributed by atoms with Crippen LogP contribution in [-0.4, -0.2) is 80.0 Å². The van der Waals surface area contributed by atoms with Gasteiger partial charge < -0.3 is 25.2 Å². The Morgan fingerprint density at radius 3 is 2.80 bits per heavy atom. The van der Waals surface area contributed by atoms with E-state index >= 15 is 0 Å². The van der Waals surface area contributed by atoms with Crippen LogP contribution in [0.25, 0.3) is 0 Å². The molecule has 35 heavy (non-hydrogen) atoms. The third-order valence-electron chi connectivity index (χ3n) is 6.85. The molecule has 2 unspecified atom stereocenters. The fraction of sp³-hybridized carbons (Fsp3) is 0.625. The van der Waals surface area contributed by atoms with Crippen LogP contribution < -0.4 is 20.4 Å². The molecule has 0 radical (unpaired) electrons. The van der Waals surface area contributed by atoms with Crippen molar-refractivity contribution in [2.75, 3.05) is 68.8 Å². The van der Waals surface area contributed by atoms with Gasteiger partial charge in [-0.05, 0) is 37.3 Å². The average Bonchev–Trinajstić information content (AvgIpc) is 2.91. The van der Waals surface area contributed by atoms with Crippen LogP contribution in [0.2, 0.25) is 0 Å². The lowest BCUT2D eigenvalue weighted by molar-refractivity contribution is 0.122. The molecule has 0 saturated carbocycles. The third-order valence-corrected chi connectivity index (χ3v) is 6.85. The molecule has 2 atom stereocenters. The number of azo groups is 1. The van der Waals surface area contributed by atoms with Crippen LogP contribution in [0.15, 0.2) is 34.8 Å². The number of pyridine rings is 1. The second-order valence-electron chi connectivity index (χ2n) is 9.39. The van der Waals surface area contributed by atoms with Crippen molar-refractivity contribution in [1.29, 1.82) is 0 Å². The van der Waals surface area contributed by atoms with E-state index in [0.717, 1.165) is 50.3 Å². The minimum absolute atomic E-state index is 0.145. The summed E-state index contributed by atoms with van der Waals surface area (Å²) in [5.41, 5.74) is 1.97. The van der Waals surface area contributed by atoms with Crippen molar-refractivity contribution < 1.29 is 9.13 Å². The van der Waals surface area contributed by atoms with Gasteiger partial charge in [0.1, 0.15) is 6.54 Å². The van der Waals surface area contributed by atoms with Gasteiger partial charge in [0.05, 0.1) is 37.0 Å². The molecule has 5 rings (SSSR count). The second-order valence-corrected chi connectivity index (χ2v) is 9.39. The average molecular weight is 484 g/mol. The number of piperidine rings is 1. The van der Waals surface area contributed by atoms with Gasteiger partial charge in [-0.3, -0.25) is 4.98 Å². The molecule has 2 aromatic heterocycles. The molecule has 10 nitrogen and oxygen atoms in total. The molecule has 5 heterocycles. The lowest BCUT2D eigenvalue weighted by Gasteiger charge is -2.36. The highest BCUT2D eigenvalue weighted by atomic mass is 19.1. The van der Waals surface area contributed by atoms with Crippen molar-refractivity contribution in [3.05, 3.63) is 36.0 Å². The molecule has 0 aliphatic carbocycles. The first-order chi connectivity index (χ1) is 17.2. The topological polar surface area (TPSA) is 103 Å². The van der Waals surface area contributed by atoms with E-state index in [1.165, 1.54) is 19.3 Å². The molecule has 3 fully saturated rings. The fourth-order valence-corrected chi connectivity index (χ4v) is 5.04. The summed E-state index contributed by atoms with van der Waals surface area (Å²) in [4.78, 5) is 17.1. The summed E-state index contributed by atoms with van der Waals surface area (Å²) in [5.74, 6) is 0.629. The molecule has 3 saturated heterocycles. The highest BCUT2D eigenvalue weighted by Crippen LogP contribution is 2.26. The number of piperazine rings is 1. The van der Waals surface area contributed by atoms with Crippen molar-refractivity contribution in [2.45, 2.75) is 31.8 Å². The van der Waals surface area contributed by atoms with Crippen molar-refractivity contribution >= 4 is 17.5 Å².